The summed E-state index contributed by atoms with van der Waals surface area (Å²) in [7, 11) is 1.69. The third-order valence-electron chi connectivity index (χ3n) is 4.17. The van der Waals surface area contributed by atoms with Crippen molar-refractivity contribution in [1.29, 1.82) is 0 Å². The number of rotatable bonds is 6. The van der Waals surface area contributed by atoms with Gasteiger partial charge in [-0.05, 0) is 50.3 Å². The van der Waals surface area contributed by atoms with Crippen LogP contribution < -0.4 is 11.1 Å². The average molecular weight is 319 g/mol. The van der Waals surface area contributed by atoms with Crippen LogP contribution in [0.2, 0.25) is 0 Å². The SMILES string of the molecule is COCCCC1CCCCN1C(=O)Nc1cccc(C(N)=O)c1. The Bertz CT molecular complexity index is 548. The first-order valence-corrected chi connectivity index (χ1v) is 8.08. The van der Waals surface area contributed by atoms with Crippen LogP contribution in [0.1, 0.15) is 42.5 Å². The lowest BCUT2D eigenvalue weighted by Gasteiger charge is -2.35. The summed E-state index contributed by atoms with van der Waals surface area (Å²) in [6, 6.07) is 6.83. The number of hydrogen-bond acceptors (Lipinski definition) is 3. The van der Waals surface area contributed by atoms with Crippen LogP contribution in [0.4, 0.5) is 10.5 Å². The van der Waals surface area contributed by atoms with Crippen molar-refractivity contribution in [3.05, 3.63) is 29.8 Å². The van der Waals surface area contributed by atoms with Gasteiger partial charge in [0.05, 0.1) is 0 Å². The van der Waals surface area contributed by atoms with Crippen molar-refractivity contribution in [2.45, 2.75) is 38.1 Å². The molecular formula is C17H25N3O3. The Morgan fingerprint density at radius 3 is 2.96 bits per heavy atom. The molecule has 2 rings (SSSR count). The van der Waals surface area contributed by atoms with Crippen LogP contribution in [0.15, 0.2) is 24.3 Å². The van der Waals surface area contributed by atoms with Crippen LogP contribution in [0.5, 0.6) is 0 Å². The van der Waals surface area contributed by atoms with E-state index in [1.807, 2.05) is 4.90 Å². The molecule has 3 N–H and O–H groups in total. The Morgan fingerprint density at radius 2 is 2.22 bits per heavy atom. The van der Waals surface area contributed by atoms with Crippen LogP contribution in [0, 0.1) is 0 Å². The highest BCUT2D eigenvalue weighted by Gasteiger charge is 2.26. The predicted molar refractivity (Wildman–Crippen MR) is 89.4 cm³/mol. The molecular weight excluding hydrogens is 294 g/mol. The molecule has 1 aromatic carbocycles. The van der Waals surface area contributed by atoms with Crippen molar-refractivity contribution >= 4 is 17.6 Å². The summed E-state index contributed by atoms with van der Waals surface area (Å²) in [5.74, 6) is -0.503. The smallest absolute Gasteiger partial charge is 0.322 e. The molecule has 23 heavy (non-hydrogen) atoms. The van der Waals surface area contributed by atoms with Gasteiger partial charge in [0.25, 0.3) is 0 Å². The molecule has 1 saturated heterocycles. The molecule has 1 unspecified atom stereocenters. The topological polar surface area (TPSA) is 84.7 Å². The summed E-state index contributed by atoms with van der Waals surface area (Å²) in [4.78, 5) is 25.7. The second-order valence-electron chi connectivity index (χ2n) is 5.85. The van der Waals surface area contributed by atoms with Crippen molar-refractivity contribution in [1.82, 2.24) is 4.90 Å². The first-order chi connectivity index (χ1) is 11.1. The van der Waals surface area contributed by atoms with E-state index in [1.165, 1.54) is 0 Å². The zero-order valence-corrected chi connectivity index (χ0v) is 13.6. The van der Waals surface area contributed by atoms with Gasteiger partial charge in [-0.2, -0.15) is 0 Å². The molecule has 0 radical (unpaired) electrons. The molecule has 1 fully saturated rings. The summed E-state index contributed by atoms with van der Waals surface area (Å²) in [6.45, 7) is 1.48. The molecule has 3 amide bonds. The van der Waals surface area contributed by atoms with Gasteiger partial charge in [-0.3, -0.25) is 4.79 Å². The van der Waals surface area contributed by atoms with E-state index in [-0.39, 0.29) is 12.1 Å². The van der Waals surface area contributed by atoms with Gasteiger partial charge >= 0.3 is 6.03 Å². The highest BCUT2D eigenvalue weighted by Crippen LogP contribution is 2.22. The third kappa shape index (κ3) is 4.96. The number of primary amides is 1. The molecule has 0 saturated carbocycles. The standard InChI is InChI=1S/C17H25N3O3/c1-23-11-5-9-15-8-2-3-10-20(15)17(22)19-14-7-4-6-13(12-14)16(18)21/h4,6-7,12,15H,2-3,5,8-11H2,1H3,(H2,18,21)(H,19,22). The van der Waals surface area contributed by atoms with E-state index in [0.717, 1.165) is 38.6 Å². The number of hydrogen-bond donors (Lipinski definition) is 2. The van der Waals surface area contributed by atoms with Gasteiger partial charge in [-0.25, -0.2) is 4.79 Å². The van der Waals surface area contributed by atoms with Gasteiger partial charge < -0.3 is 20.7 Å². The van der Waals surface area contributed by atoms with Crippen molar-refractivity contribution < 1.29 is 14.3 Å². The molecule has 0 aliphatic carbocycles. The maximum Gasteiger partial charge on any atom is 0.322 e. The Kier molecular flexibility index (Phi) is 6.40. The fourth-order valence-corrected chi connectivity index (χ4v) is 2.98. The monoisotopic (exact) mass is 319 g/mol. The first kappa shape index (κ1) is 17.3. The molecule has 6 nitrogen and oxygen atoms in total. The van der Waals surface area contributed by atoms with Crippen LogP contribution in [-0.2, 0) is 4.74 Å². The summed E-state index contributed by atoms with van der Waals surface area (Å²) in [5.41, 5.74) is 6.25. The van der Waals surface area contributed by atoms with E-state index in [2.05, 4.69) is 5.32 Å². The first-order valence-electron chi connectivity index (χ1n) is 8.08. The molecule has 1 heterocycles. The fourth-order valence-electron chi connectivity index (χ4n) is 2.98. The highest BCUT2D eigenvalue weighted by atomic mass is 16.5. The summed E-state index contributed by atoms with van der Waals surface area (Å²) >= 11 is 0. The number of likely N-dealkylation sites (tertiary alicyclic amines) is 1. The van der Waals surface area contributed by atoms with Crippen LogP contribution in [0.25, 0.3) is 0 Å². The second-order valence-corrected chi connectivity index (χ2v) is 5.85. The minimum Gasteiger partial charge on any atom is -0.385 e. The number of ether oxygens (including phenoxy) is 1. The van der Waals surface area contributed by atoms with Crippen molar-refractivity contribution in [3.63, 3.8) is 0 Å². The summed E-state index contributed by atoms with van der Waals surface area (Å²) in [5, 5.41) is 2.88. The van der Waals surface area contributed by atoms with Gasteiger partial charge in [-0.1, -0.05) is 6.07 Å². The number of urea groups is 1. The van der Waals surface area contributed by atoms with Crippen LogP contribution >= 0.6 is 0 Å². The van der Waals surface area contributed by atoms with Crippen molar-refractivity contribution in [2.24, 2.45) is 5.73 Å². The largest absolute Gasteiger partial charge is 0.385 e. The van der Waals surface area contributed by atoms with Gasteiger partial charge in [0.1, 0.15) is 0 Å². The van der Waals surface area contributed by atoms with Crippen LogP contribution in [-0.4, -0.2) is 43.1 Å². The number of piperidine rings is 1. The number of benzene rings is 1. The number of nitrogens with one attached hydrogen (secondary N) is 1. The van der Waals surface area contributed by atoms with E-state index in [0.29, 0.717) is 17.9 Å². The average Bonchev–Trinajstić information content (AvgIpc) is 2.55. The van der Waals surface area contributed by atoms with E-state index < -0.39 is 5.91 Å². The molecule has 1 atom stereocenters. The van der Waals surface area contributed by atoms with Gasteiger partial charge in [0.2, 0.25) is 5.91 Å². The van der Waals surface area contributed by atoms with E-state index >= 15 is 0 Å². The lowest BCUT2D eigenvalue weighted by Crippen LogP contribution is -2.46. The Labute approximate surface area is 137 Å². The van der Waals surface area contributed by atoms with E-state index in [4.69, 9.17) is 10.5 Å². The minimum absolute atomic E-state index is 0.117. The molecule has 1 aromatic rings. The Hall–Kier alpha value is -2.08. The fraction of sp³-hybridized carbons (Fsp3) is 0.529. The number of amides is 3. The maximum absolute atomic E-state index is 12.6. The number of anilines is 1. The predicted octanol–water partition coefficient (Wildman–Crippen LogP) is 2.60. The zero-order valence-electron chi connectivity index (χ0n) is 13.6. The normalized spacial score (nSPS) is 17.8. The van der Waals surface area contributed by atoms with E-state index in [1.54, 1.807) is 31.4 Å². The molecule has 0 bridgehead atoms. The maximum atomic E-state index is 12.6. The minimum atomic E-state index is -0.503. The van der Waals surface area contributed by atoms with Crippen LogP contribution in [0.3, 0.4) is 0 Å². The molecule has 1 aliphatic rings. The molecule has 1 aliphatic heterocycles. The van der Waals surface area contributed by atoms with Crippen molar-refractivity contribution in [2.75, 3.05) is 25.6 Å². The number of nitrogens with two attached hydrogens (primary N) is 1. The number of methoxy groups -OCH3 is 1. The Morgan fingerprint density at radius 1 is 1.39 bits per heavy atom. The number of carbonyl (C=O) groups excluding carboxylic acids is 2. The highest BCUT2D eigenvalue weighted by molar-refractivity contribution is 5.95. The van der Waals surface area contributed by atoms with Gasteiger partial charge in [0, 0.05) is 37.6 Å². The lowest BCUT2D eigenvalue weighted by molar-refractivity contribution is 0.1000. The number of carbonyl (C=O) groups is 2. The summed E-state index contributed by atoms with van der Waals surface area (Å²) < 4.78 is 5.10. The molecule has 0 aromatic heterocycles. The molecule has 126 valence electrons. The lowest BCUT2D eigenvalue weighted by atomic mass is 9.98. The van der Waals surface area contributed by atoms with Crippen molar-refractivity contribution in [3.8, 4) is 0 Å². The quantitative estimate of drug-likeness (QED) is 0.790. The third-order valence-corrected chi connectivity index (χ3v) is 4.17. The molecule has 6 heteroatoms. The van der Waals surface area contributed by atoms with Gasteiger partial charge in [0.15, 0.2) is 0 Å². The van der Waals surface area contributed by atoms with Gasteiger partial charge in [-0.15, -0.1) is 0 Å². The number of nitrogens with zero attached hydrogens (tertiary/aromatic N) is 1. The Balaban J connectivity index is 1.99. The second kappa shape index (κ2) is 8.53. The molecule has 0 spiro atoms. The summed E-state index contributed by atoms with van der Waals surface area (Å²) in [6.07, 6.45) is 5.09. The zero-order chi connectivity index (χ0) is 16.7. The van der Waals surface area contributed by atoms with E-state index in [9.17, 15) is 9.59 Å².